The Labute approximate surface area is 145 Å². The van der Waals surface area contributed by atoms with E-state index >= 15 is 0 Å². The van der Waals surface area contributed by atoms with Crippen molar-refractivity contribution in [2.45, 2.75) is 48.0 Å². The SMILES string of the molecule is C[Si](C)(c1ccccc1)C1(Sc2ccccc2)C2CCCCC21. The van der Waals surface area contributed by atoms with Gasteiger partial charge in [-0.25, -0.2) is 0 Å². The van der Waals surface area contributed by atoms with Gasteiger partial charge in [0.1, 0.15) is 0 Å². The average Bonchev–Trinajstić information content (AvgIpc) is 3.26. The van der Waals surface area contributed by atoms with Crippen LogP contribution in [0, 0.1) is 11.8 Å². The Morgan fingerprint density at radius 3 is 1.91 bits per heavy atom. The Morgan fingerprint density at radius 2 is 1.35 bits per heavy atom. The van der Waals surface area contributed by atoms with Crippen LogP contribution in [0.4, 0.5) is 0 Å². The minimum absolute atomic E-state index is 0.506. The van der Waals surface area contributed by atoms with Crippen LogP contribution in [0.2, 0.25) is 13.1 Å². The fraction of sp³-hybridized carbons (Fsp3) is 0.429. The Morgan fingerprint density at radius 1 is 0.826 bits per heavy atom. The quantitative estimate of drug-likeness (QED) is 0.664. The molecule has 4 rings (SSSR count). The molecule has 2 aromatic rings. The standard InChI is InChI=1S/C21H26SSi/c1-23(2,18-13-7-4-8-14-18)21(19-15-9-10-16-20(19)21)22-17-11-5-3-6-12-17/h3-8,11-14,19-20H,9-10,15-16H2,1-2H3. The van der Waals surface area contributed by atoms with Gasteiger partial charge in [-0.1, -0.05) is 79.7 Å². The summed E-state index contributed by atoms with van der Waals surface area (Å²) in [5.74, 6) is 1.90. The zero-order valence-corrected chi connectivity index (χ0v) is 16.0. The molecule has 2 saturated carbocycles. The molecule has 0 amide bonds. The van der Waals surface area contributed by atoms with Gasteiger partial charge in [-0.05, 0) is 36.8 Å². The van der Waals surface area contributed by atoms with Crippen LogP contribution in [0.25, 0.3) is 0 Å². The van der Waals surface area contributed by atoms with Crippen molar-refractivity contribution in [3.63, 3.8) is 0 Å². The lowest BCUT2D eigenvalue weighted by Crippen LogP contribution is -2.54. The van der Waals surface area contributed by atoms with E-state index in [1.807, 2.05) is 0 Å². The third-order valence-corrected chi connectivity index (χ3v) is 14.0. The fourth-order valence-corrected chi connectivity index (χ4v) is 12.2. The molecule has 0 aliphatic heterocycles. The summed E-state index contributed by atoms with van der Waals surface area (Å²) in [4.78, 5) is 1.47. The number of benzene rings is 2. The molecular formula is C21H26SSi. The first kappa shape index (κ1) is 15.5. The molecule has 2 unspecified atom stereocenters. The third kappa shape index (κ3) is 2.42. The number of rotatable bonds is 4. The van der Waals surface area contributed by atoms with Gasteiger partial charge in [0.25, 0.3) is 0 Å². The zero-order chi connectivity index (χ0) is 15.9. The van der Waals surface area contributed by atoms with Gasteiger partial charge >= 0.3 is 0 Å². The van der Waals surface area contributed by atoms with E-state index in [0.717, 1.165) is 11.8 Å². The molecule has 120 valence electrons. The molecule has 0 saturated heterocycles. The Hall–Kier alpha value is -0.993. The second kappa shape index (κ2) is 5.82. The van der Waals surface area contributed by atoms with Crippen LogP contribution >= 0.6 is 11.8 Å². The highest BCUT2D eigenvalue weighted by Crippen LogP contribution is 2.70. The average molecular weight is 339 g/mol. The molecule has 23 heavy (non-hydrogen) atoms. The number of thioether (sulfide) groups is 1. The summed E-state index contributed by atoms with van der Waals surface area (Å²) >= 11 is 2.23. The predicted octanol–water partition coefficient (Wildman–Crippen LogP) is 5.49. The van der Waals surface area contributed by atoms with Crippen LogP contribution in [0.15, 0.2) is 65.6 Å². The summed E-state index contributed by atoms with van der Waals surface area (Å²) in [6, 6.07) is 22.6. The van der Waals surface area contributed by atoms with E-state index in [9.17, 15) is 0 Å². The molecule has 0 N–H and O–H groups in total. The Bertz CT molecular complexity index is 653. The van der Waals surface area contributed by atoms with E-state index in [2.05, 4.69) is 85.5 Å². The summed E-state index contributed by atoms with van der Waals surface area (Å²) < 4.78 is 0.506. The summed E-state index contributed by atoms with van der Waals surface area (Å²) in [5, 5.41) is 1.64. The van der Waals surface area contributed by atoms with Crippen LogP contribution in [-0.2, 0) is 0 Å². The van der Waals surface area contributed by atoms with Gasteiger partial charge in [0.2, 0.25) is 0 Å². The minimum Gasteiger partial charge on any atom is -0.121 e. The van der Waals surface area contributed by atoms with Crippen molar-refractivity contribution < 1.29 is 0 Å². The summed E-state index contributed by atoms with van der Waals surface area (Å²) in [5.41, 5.74) is 0. The molecule has 2 fully saturated rings. The Kier molecular flexibility index (Phi) is 3.93. The molecule has 0 radical (unpaired) electrons. The lowest BCUT2D eigenvalue weighted by molar-refractivity contribution is 0.480. The molecule has 0 nitrogen and oxygen atoms in total. The van der Waals surface area contributed by atoms with Gasteiger partial charge < -0.3 is 0 Å². The van der Waals surface area contributed by atoms with E-state index in [0.29, 0.717) is 4.37 Å². The maximum absolute atomic E-state index is 2.62. The molecule has 2 heteroatoms. The molecule has 2 aliphatic carbocycles. The van der Waals surface area contributed by atoms with E-state index < -0.39 is 8.07 Å². The monoisotopic (exact) mass is 338 g/mol. The van der Waals surface area contributed by atoms with Crippen molar-refractivity contribution in [2.24, 2.45) is 11.8 Å². The van der Waals surface area contributed by atoms with Crippen molar-refractivity contribution >= 4 is 25.0 Å². The van der Waals surface area contributed by atoms with Crippen molar-refractivity contribution in [2.75, 3.05) is 0 Å². The largest absolute Gasteiger partial charge is 0.121 e. The molecule has 2 aromatic carbocycles. The summed E-state index contributed by atoms with van der Waals surface area (Å²) in [6.45, 7) is 5.24. The summed E-state index contributed by atoms with van der Waals surface area (Å²) in [7, 11) is -1.54. The second-order valence-electron chi connectivity index (χ2n) is 7.70. The highest BCUT2D eigenvalue weighted by atomic mass is 32.2. The van der Waals surface area contributed by atoms with Crippen LogP contribution in [0.1, 0.15) is 25.7 Å². The lowest BCUT2D eigenvalue weighted by Gasteiger charge is -2.35. The molecule has 2 atom stereocenters. The minimum atomic E-state index is -1.54. The molecule has 2 aliphatic rings. The third-order valence-electron chi connectivity index (χ3n) is 6.26. The second-order valence-corrected chi connectivity index (χ2v) is 14.1. The molecule has 0 spiro atoms. The molecule has 0 bridgehead atoms. The van der Waals surface area contributed by atoms with Gasteiger partial charge in [-0.2, -0.15) is 0 Å². The van der Waals surface area contributed by atoms with Gasteiger partial charge in [-0.15, -0.1) is 11.8 Å². The van der Waals surface area contributed by atoms with Crippen LogP contribution in [0.5, 0.6) is 0 Å². The van der Waals surface area contributed by atoms with Gasteiger partial charge in [0, 0.05) is 9.27 Å². The maximum atomic E-state index is 2.62. The van der Waals surface area contributed by atoms with Crippen LogP contribution in [-0.4, -0.2) is 12.4 Å². The number of hydrogen-bond acceptors (Lipinski definition) is 1. The van der Waals surface area contributed by atoms with Crippen LogP contribution < -0.4 is 5.19 Å². The van der Waals surface area contributed by atoms with Crippen molar-refractivity contribution in [3.8, 4) is 0 Å². The topological polar surface area (TPSA) is 0 Å². The van der Waals surface area contributed by atoms with E-state index in [1.54, 1.807) is 5.19 Å². The first-order valence-electron chi connectivity index (χ1n) is 8.96. The number of fused-ring (bicyclic) bond motifs is 1. The first-order chi connectivity index (χ1) is 11.2. The molecular weight excluding hydrogens is 312 g/mol. The smallest absolute Gasteiger partial charge is 0.0987 e. The lowest BCUT2D eigenvalue weighted by atomic mass is 10.0. The van der Waals surface area contributed by atoms with Crippen molar-refractivity contribution in [3.05, 3.63) is 60.7 Å². The van der Waals surface area contributed by atoms with Gasteiger partial charge in [0.05, 0.1) is 8.07 Å². The number of hydrogen-bond donors (Lipinski definition) is 0. The first-order valence-corrected chi connectivity index (χ1v) is 12.8. The van der Waals surface area contributed by atoms with Gasteiger partial charge in [-0.3, -0.25) is 0 Å². The zero-order valence-electron chi connectivity index (χ0n) is 14.2. The normalized spacial score (nSPS) is 29.8. The van der Waals surface area contributed by atoms with E-state index in [1.165, 1.54) is 30.6 Å². The highest BCUT2D eigenvalue weighted by Gasteiger charge is 2.72. The summed E-state index contributed by atoms with van der Waals surface area (Å²) in [6.07, 6.45) is 5.79. The van der Waals surface area contributed by atoms with E-state index in [-0.39, 0.29) is 0 Å². The maximum Gasteiger partial charge on any atom is 0.0987 e. The van der Waals surface area contributed by atoms with Crippen molar-refractivity contribution in [1.82, 2.24) is 0 Å². The molecule has 0 aromatic heterocycles. The predicted molar refractivity (Wildman–Crippen MR) is 104 cm³/mol. The van der Waals surface area contributed by atoms with Gasteiger partial charge in [0.15, 0.2) is 0 Å². The highest BCUT2D eigenvalue weighted by molar-refractivity contribution is 8.03. The van der Waals surface area contributed by atoms with E-state index in [4.69, 9.17) is 0 Å². The molecule has 0 heterocycles. The van der Waals surface area contributed by atoms with Crippen molar-refractivity contribution in [1.29, 1.82) is 0 Å². The Balaban J connectivity index is 1.75. The van der Waals surface area contributed by atoms with Crippen LogP contribution in [0.3, 0.4) is 0 Å². The fourth-order valence-electron chi connectivity index (χ4n) is 5.04.